The van der Waals surface area contributed by atoms with Gasteiger partial charge in [-0.05, 0) is 0 Å². The van der Waals surface area contributed by atoms with Crippen molar-refractivity contribution in [1.29, 1.82) is 0 Å². The topological polar surface area (TPSA) is 0 Å². The Hall–Kier alpha value is -0.230. The van der Waals surface area contributed by atoms with Crippen LogP contribution in [-0.4, -0.2) is 0 Å². The molecule has 0 nitrogen and oxygen atoms in total. The van der Waals surface area contributed by atoms with Crippen molar-refractivity contribution < 1.29 is 17.6 Å². The van der Waals surface area contributed by atoms with Gasteiger partial charge in [0.2, 0.25) is 0 Å². The Kier molecular flexibility index (Phi) is 2.07. The standard InChI is InChI=1S/C7H4F4S2/c8-5-3-1-12-2-4(3)13-6(5)7(9,10)11/h1-2H2. The maximum Gasteiger partial charge on any atom is 0.428 e. The average molecular weight is 228 g/mol. The van der Waals surface area contributed by atoms with Crippen LogP contribution in [0, 0.1) is 5.82 Å². The molecule has 0 unspecified atom stereocenters. The first-order valence-electron chi connectivity index (χ1n) is 3.45. The molecule has 2 heterocycles. The molecule has 0 aliphatic carbocycles. The highest BCUT2D eigenvalue weighted by Gasteiger charge is 2.39. The van der Waals surface area contributed by atoms with Gasteiger partial charge in [-0.15, -0.1) is 11.3 Å². The first-order chi connectivity index (χ1) is 6.00. The van der Waals surface area contributed by atoms with Crippen LogP contribution in [0.15, 0.2) is 0 Å². The van der Waals surface area contributed by atoms with Crippen molar-refractivity contribution in [3.8, 4) is 0 Å². The lowest BCUT2D eigenvalue weighted by Crippen LogP contribution is -2.04. The predicted octanol–water partition coefficient (Wildman–Crippen LogP) is 3.65. The van der Waals surface area contributed by atoms with Crippen LogP contribution < -0.4 is 0 Å². The number of fused-ring (bicyclic) bond motifs is 1. The Balaban J connectivity index is 2.51. The van der Waals surface area contributed by atoms with Crippen molar-refractivity contribution in [2.75, 3.05) is 0 Å². The van der Waals surface area contributed by atoms with E-state index < -0.39 is 16.9 Å². The minimum atomic E-state index is -4.54. The quantitative estimate of drug-likeness (QED) is 0.611. The molecule has 1 aromatic rings. The third kappa shape index (κ3) is 1.46. The second-order valence-corrected chi connectivity index (χ2v) is 4.73. The van der Waals surface area contributed by atoms with Gasteiger partial charge in [0.1, 0.15) is 4.88 Å². The normalized spacial score (nSPS) is 16.3. The number of halogens is 4. The van der Waals surface area contributed by atoms with Crippen LogP contribution in [0.25, 0.3) is 0 Å². The monoisotopic (exact) mass is 228 g/mol. The first-order valence-corrected chi connectivity index (χ1v) is 5.42. The fourth-order valence-electron chi connectivity index (χ4n) is 1.18. The molecule has 0 N–H and O–H groups in total. The summed E-state index contributed by atoms with van der Waals surface area (Å²) in [5, 5.41) is 0. The molecule has 0 amide bonds. The summed E-state index contributed by atoms with van der Waals surface area (Å²) in [6.45, 7) is 0. The fourth-order valence-corrected chi connectivity index (χ4v) is 3.58. The smallest absolute Gasteiger partial charge is 0.205 e. The molecule has 0 saturated carbocycles. The molecule has 72 valence electrons. The highest BCUT2D eigenvalue weighted by Crippen LogP contribution is 2.45. The van der Waals surface area contributed by atoms with E-state index in [0.717, 1.165) is 0 Å². The average Bonchev–Trinajstić information content (AvgIpc) is 2.51. The molecule has 1 aliphatic rings. The minimum Gasteiger partial charge on any atom is -0.205 e. The van der Waals surface area contributed by atoms with Crippen LogP contribution in [0.2, 0.25) is 0 Å². The number of thioether (sulfide) groups is 1. The Morgan fingerprint density at radius 3 is 2.38 bits per heavy atom. The molecule has 0 bridgehead atoms. The zero-order chi connectivity index (χ0) is 9.64. The Morgan fingerprint density at radius 2 is 1.85 bits per heavy atom. The lowest BCUT2D eigenvalue weighted by Gasteiger charge is -2.02. The minimum absolute atomic E-state index is 0.252. The molecule has 1 aromatic heterocycles. The zero-order valence-electron chi connectivity index (χ0n) is 6.24. The lowest BCUT2D eigenvalue weighted by molar-refractivity contribution is -0.136. The van der Waals surface area contributed by atoms with Crippen molar-refractivity contribution >= 4 is 23.1 Å². The molecule has 0 fully saturated rings. The van der Waals surface area contributed by atoms with Gasteiger partial charge in [-0.2, -0.15) is 24.9 Å². The van der Waals surface area contributed by atoms with E-state index in [2.05, 4.69) is 0 Å². The molecule has 1 aliphatic heterocycles. The van der Waals surface area contributed by atoms with Gasteiger partial charge in [0.05, 0.1) is 0 Å². The van der Waals surface area contributed by atoms with E-state index >= 15 is 0 Å². The van der Waals surface area contributed by atoms with Crippen LogP contribution in [-0.2, 0) is 17.7 Å². The maximum atomic E-state index is 13.1. The molecule has 0 radical (unpaired) electrons. The molecular formula is C7H4F4S2. The Labute approximate surface area is 79.9 Å². The van der Waals surface area contributed by atoms with Crippen molar-refractivity contribution in [3.63, 3.8) is 0 Å². The Bertz CT molecular complexity index is 339. The van der Waals surface area contributed by atoms with Crippen LogP contribution >= 0.6 is 23.1 Å². The molecule has 6 heteroatoms. The highest BCUT2D eigenvalue weighted by atomic mass is 32.2. The SMILES string of the molecule is Fc1c(C(F)(F)F)sc2c1CSC2. The molecule has 0 spiro atoms. The third-order valence-electron chi connectivity index (χ3n) is 1.76. The van der Waals surface area contributed by atoms with Gasteiger partial charge >= 0.3 is 6.18 Å². The summed E-state index contributed by atoms with van der Waals surface area (Å²) < 4.78 is 49.6. The second-order valence-electron chi connectivity index (χ2n) is 2.64. The molecule has 13 heavy (non-hydrogen) atoms. The van der Waals surface area contributed by atoms with Gasteiger partial charge in [-0.3, -0.25) is 0 Å². The van der Waals surface area contributed by atoms with Gasteiger partial charge in [0.25, 0.3) is 0 Å². The van der Waals surface area contributed by atoms with E-state index in [1.165, 1.54) is 11.8 Å². The van der Waals surface area contributed by atoms with E-state index in [4.69, 9.17) is 0 Å². The van der Waals surface area contributed by atoms with Crippen molar-refractivity contribution in [2.45, 2.75) is 17.7 Å². The van der Waals surface area contributed by atoms with E-state index in [0.29, 0.717) is 27.7 Å². The van der Waals surface area contributed by atoms with E-state index in [9.17, 15) is 17.6 Å². The zero-order valence-corrected chi connectivity index (χ0v) is 7.88. The summed E-state index contributed by atoms with van der Waals surface area (Å²) in [6.07, 6.45) is -4.54. The summed E-state index contributed by atoms with van der Waals surface area (Å²) in [6, 6.07) is 0. The summed E-state index contributed by atoms with van der Waals surface area (Å²) in [5.41, 5.74) is 0.252. The molecule has 2 rings (SSSR count). The van der Waals surface area contributed by atoms with Crippen LogP contribution in [0.1, 0.15) is 15.3 Å². The lowest BCUT2D eigenvalue weighted by atomic mass is 10.2. The molecule has 0 atom stereocenters. The van der Waals surface area contributed by atoms with Gasteiger partial charge in [0, 0.05) is 21.9 Å². The van der Waals surface area contributed by atoms with Gasteiger partial charge in [-0.25, -0.2) is 4.39 Å². The number of rotatable bonds is 0. The van der Waals surface area contributed by atoms with Crippen LogP contribution in [0.4, 0.5) is 17.6 Å². The van der Waals surface area contributed by atoms with E-state index in [1.54, 1.807) is 0 Å². The van der Waals surface area contributed by atoms with Crippen LogP contribution in [0.3, 0.4) is 0 Å². The molecule has 0 aromatic carbocycles. The second kappa shape index (κ2) is 2.88. The molecule has 0 saturated heterocycles. The summed E-state index contributed by atoms with van der Waals surface area (Å²) >= 11 is 1.98. The fraction of sp³-hybridized carbons (Fsp3) is 0.429. The summed E-state index contributed by atoms with van der Waals surface area (Å²) in [7, 11) is 0. The van der Waals surface area contributed by atoms with E-state index in [-0.39, 0.29) is 5.56 Å². The third-order valence-corrected chi connectivity index (χ3v) is 4.18. The number of hydrogen-bond donors (Lipinski definition) is 0. The summed E-state index contributed by atoms with van der Waals surface area (Å²) in [4.78, 5) is -0.535. The van der Waals surface area contributed by atoms with Crippen molar-refractivity contribution in [2.24, 2.45) is 0 Å². The first kappa shape index (κ1) is 9.33. The molecular weight excluding hydrogens is 224 g/mol. The van der Waals surface area contributed by atoms with E-state index in [1.807, 2.05) is 0 Å². The maximum absolute atomic E-state index is 13.1. The highest BCUT2D eigenvalue weighted by molar-refractivity contribution is 7.98. The number of hydrogen-bond acceptors (Lipinski definition) is 2. The summed E-state index contributed by atoms with van der Waals surface area (Å²) in [5.74, 6) is -0.182. The van der Waals surface area contributed by atoms with Gasteiger partial charge in [0.15, 0.2) is 5.82 Å². The van der Waals surface area contributed by atoms with Gasteiger partial charge < -0.3 is 0 Å². The predicted molar refractivity (Wildman–Crippen MR) is 44.3 cm³/mol. The van der Waals surface area contributed by atoms with Crippen LogP contribution in [0.5, 0.6) is 0 Å². The Morgan fingerprint density at radius 1 is 1.15 bits per heavy atom. The largest absolute Gasteiger partial charge is 0.428 e. The number of thiophene rings is 1. The van der Waals surface area contributed by atoms with Crippen molar-refractivity contribution in [3.05, 3.63) is 21.1 Å². The van der Waals surface area contributed by atoms with Gasteiger partial charge in [-0.1, -0.05) is 0 Å². The van der Waals surface area contributed by atoms with Crippen molar-refractivity contribution in [1.82, 2.24) is 0 Å². The number of alkyl halides is 3.